The maximum absolute atomic E-state index is 4.05. The first-order chi connectivity index (χ1) is 9.13. The fraction of sp³-hybridized carbons (Fsp3) is 0.429. The van der Waals surface area contributed by atoms with Crippen molar-refractivity contribution in [1.29, 1.82) is 0 Å². The van der Waals surface area contributed by atoms with Crippen molar-refractivity contribution in [1.82, 2.24) is 20.3 Å². The maximum atomic E-state index is 4.05. The van der Waals surface area contributed by atoms with Gasteiger partial charge in [-0.05, 0) is 53.9 Å². The van der Waals surface area contributed by atoms with E-state index in [0.717, 1.165) is 23.1 Å². The van der Waals surface area contributed by atoms with Crippen LogP contribution in [0, 0.1) is 6.92 Å². The molecule has 0 spiro atoms. The van der Waals surface area contributed by atoms with Crippen molar-refractivity contribution in [3.05, 3.63) is 45.7 Å². The van der Waals surface area contributed by atoms with Crippen LogP contribution in [0.1, 0.15) is 29.3 Å². The standard InChI is InChI=1S/C14H19BrN4/c1-10-6-4-5-7-11(10)8-9-12(16-2)13-14(15)17-18-19(13)3/h4-7,12,16H,8-9H2,1-3H3. The molecule has 0 bridgehead atoms. The summed E-state index contributed by atoms with van der Waals surface area (Å²) in [5.41, 5.74) is 3.84. The largest absolute Gasteiger partial charge is 0.312 e. The normalized spacial score (nSPS) is 12.6. The fourth-order valence-corrected chi connectivity index (χ4v) is 2.92. The van der Waals surface area contributed by atoms with Crippen molar-refractivity contribution in [2.75, 3.05) is 7.05 Å². The van der Waals surface area contributed by atoms with Gasteiger partial charge in [-0.3, -0.25) is 0 Å². The molecule has 1 atom stereocenters. The summed E-state index contributed by atoms with van der Waals surface area (Å²) in [7, 11) is 3.90. The summed E-state index contributed by atoms with van der Waals surface area (Å²) in [5, 5.41) is 11.4. The third-order valence-corrected chi connectivity index (χ3v) is 4.03. The Morgan fingerprint density at radius 3 is 2.68 bits per heavy atom. The van der Waals surface area contributed by atoms with Gasteiger partial charge in [0.15, 0.2) is 4.60 Å². The predicted octanol–water partition coefficient (Wildman–Crippen LogP) is 2.78. The maximum Gasteiger partial charge on any atom is 0.153 e. The summed E-state index contributed by atoms with van der Waals surface area (Å²) in [6, 6.07) is 8.77. The lowest BCUT2D eigenvalue weighted by Crippen LogP contribution is -2.20. The monoisotopic (exact) mass is 322 g/mol. The molecule has 0 aliphatic rings. The first-order valence-corrected chi connectivity index (χ1v) is 7.19. The number of aryl methyl sites for hydroxylation is 3. The lowest BCUT2D eigenvalue weighted by atomic mass is 10.00. The zero-order chi connectivity index (χ0) is 13.8. The molecule has 4 nitrogen and oxygen atoms in total. The van der Waals surface area contributed by atoms with Crippen molar-refractivity contribution < 1.29 is 0 Å². The quantitative estimate of drug-likeness (QED) is 0.920. The minimum Gasteiger partial charge on any atom is -0.312 e. The van der Waals surface area contributed by atoms with E-state index in [-0.39, 0.29) is 6.04 Å². The van der Waals surface area contributed by atoms with Gasteiger partial charge in [-0.2, -0.15) is 0 Å². The van der Waals surface area contributed by atoms with E-state index in [9.17, 15) is 0 Å². The Morgan fingerprint density at radius 2 is 2.11 bits per heavy atom. The Hall–Kier alpha value is -1.20. The minimum atomic E-state index is 0.244. The molecule has 1 unspecified atom stereocenters. The van der Waals surface area contributed by atoms with Crippen LogP contribution in [0.4, 0.5) is 0 Å². The van der Waals surface area contributed by atoms with E-state index in [0.29, 0.717) is 0 Å². The highest BCUT2D eigenvalue weighted by molar-refractivity contribution is 9.10. The van der Waals surface area contributed by atoms with Crippen molar-refractivity contribution in [2.45, 2.75) is 25.8 Å². The second-order valence-corrected chi connectivity index (χ2v) is 5.45. The molecule has 0 saturated carbocycles. The fourth-order valence-electron chi connectivity index (χ4n) is 2.32. The molecule has 0 aliphatic heterocycles. The number of hydrogen-bond donors (Lipinski definition) is 1. The lowest BCUT2D eigenvalue weighted by Gasteiger charge is -2.17. The molecule has 19 heavy (non-hydrogen) atoms. The van der Waals surface area contributed by atoms with E-state index in [1.54, 1.807) is 0 Å². The third kappa shape index (κ3) is 3.22. The first kappa shape index (κ1) is 14.2. The summed E-state index contributed by atoms with van der Waals surface area (Å²) in [6.45, 7) is 2.16. The number of rotatable bonds is 5. The number of benzene rings is 1. The average molecular weight is 323 g/mol. The molecule has 0 amide bonds. The van der Waals surface area contributed by atoms with Gasteiger partial charge < -0.3 is 5.32 Å². The topological polar surface area (TPSA) is 42.7 Å². The number of aromatic nitrogens is 3. The van der Waals surface area contributed by atoms with Gasteiger partial charge in [0.2, 0.25) is 0 Å². The average Bonchev–Trinajstić information content (AvgIpc) is 2.73. The summed E-state index contributed by atoms with van der Waals surface area (Å²) in [4.78, 5) is 0. The van der Waals surface area contributed by atoms with Gasteiger partial charge in [0.1, 0.15) is 0 Å². The van der Waals surface area contributed by atoms with Crippen LogP contribution in [-0.4, -0.2) is 22.0 Å². The molecule has 5 heteroatoms. The summed E-state index contributed by atoms with van der Waals surface area (Å²) in [6.07, 6.45) is 2.05. The van der Waals surface area contributed by atoms with Gasteiger partial charge >= 0.3 is 0 Å². The highest BCUT2D eigenvalue weighted by Gasteiger charge is 2.18. The van der Waals surface area contributed by atoms with Crippen LogP contribution >= 0.6 is 15.9 Å². The van der Waals surface area contributed by atoms with Crippen LogP contribution < -0.4 is 5.32 Å². The lowest BCUT2D eigenvalue weighted by molar-refractivity contribution is 0.503. The predicted molar refractivity (Wildman–Crippen MR) is 80.0 cm³/mol. The van der Waals surface area contributed by atoms with Crippen LogP contribution in [0.15, 0.2) is 28.9 Å². The van der Waals surface area contributed by atoms with Gasteiger partial charge in [-0.15, -0.1) is 5.10 Å². The molecule has 0 aliphatic carbocycles. The second-order valence-electron chi connectivity index (χ2n) is 4.70. The number of hydrogen-bond acceptors (Lipinski definition) is 3. The minimum absolute atomic E-state index is 0.244. The Morgan fingerprint density at radius 1 is 1.37 bits per heavy atom. The van der Waals surface area contributed by atoms with Crippen molar-refractivity contribution >= 4 is 15.9 Å². The van der Waals surface area contributed by atoms with Crippen molar-refractivity contribution in [3.63, 3.8) is 0 Å². The van der Waals surface area contributed by atoms with Crippen molar-refractivity contribution in [3.8, 4) is 0 Å². The van der Waals surface area contributed by atoms with E-state index in [1.165, 1.54) is 11.1 Å². The molecule has 0 saturated heterocycles. The molecule has 0 fully saturated rings. The highest BCUT2D eigenvalue weighted by atomic mass is 79.9. The third-order valence-electron chi connectivity index (χ3n) is 3.47. The van der Waals surface area contributed by atoms with Crippen LogP contribution in [0.3, 0.4) is 0 Å². The Labute approximate surface area is 122 Å². The smallest absolute Gasteiger partial charge is 0.153 e. The molecule has 1 aromatic carbocycles. The first-order valence-electron chi connectivity index (χ1n) is 6.40. The van der Waals surface area contributed by atoms with E-state index in [4.69, 9.17) is 0 Å². The molecule has 2 rings (SSSR count). The van der Waals surface area contributed by atoms with Gasteiger partial charge in [0, 0.05) is 7.05 Å². The highest BCUT2D eigenvalue weighted by Crippen LogP contribution is 2.24. The van der Waals surface area contributed by atoms with E-state index < -0.39 is 0 Å². The molecule has 102 valence electrons. The van der Waals surface area contributed by atoms with Gasteiger partial charge in [0.05, 0.1) is 11.7 Å². The molecule has 2 aromatic rings. The number of nitrogens with zero attached hydrogens (tertiary/aromatic N) is 3. The SMILES string of the molecule is CNC(CCc1ccccc1C)c1c(Br)nnn1C. The van der Waals surface area contributed by atoms with Crippen LogP contribution in [-0.2, 0) is 13.5 Å². The second kappa shape index (κ2) is 6.30. The van der Waals surface area contributed by atoms with Gasteiger partial charge in [-0.25, -0.2) is 4.68 Å². The molecular weight excluding hydrogens is 304 g/mol. The molecular formula is C14H19BrN4. The van der Waals surface area contributed by atoms with E-state index >= 15 is 0 Å². The summed E-state index contributed by atoms with van der Waals surface area (Å²) in [5.74, 6) is 0. The Kier molecular flexibility index (Phi) is 4.71. The summed E-state index contributed by atoms with van der Waals surface area (Å²) >= 11 is 3.46. The van der Waals surface area contributed by atoms with E-state index in [2.05, 4.69) is 62.7 Å². The van der Waals surface area contributed by atoms with Crippen LogP contribution in [0.25, 0.3) is 0 Å². The zero-order valence-corrected chi connectivity index (χ0v) is 13.1. The van der Waals surface area contributed by atoms with Gasteiger partial charge in [0.25, 0.3) is 0 Å². The molecule has 1 heterocycles. The summed E-state index contributed by atoms with van der Waals surface area (Å²) < 4.78 is 2.64. The molecule has 0 radical (unpaired) electrons. The number of nitrogens with one attached hydrogen (secondary N) is 1. The van der Waals surface area contributed by atoms with Crippen molar-refractivity contribution in [2.24, 2.45) is 7.05 Å². The zero-order valence-electron chi connectivity index (χ0n) is 11.5. The Bertz CT molecular complexity index is 531. The molecule has 1 aromatic heterocycles. The van der Waals surface area contributed by atoms with Gasteiger partial charge in [-0.1, -0.05) is 29.5 Å². The number of halogens is 1. The van der Waals surface area contributed by atoms with E-state index in [1.807, 2.05) is 18.8 Å². The Balaban J connectivity index is 2.11. The van der Waals surface area contributed by atoms with Crippen LogP contribution in [0.2, 0.25) is 0 Å². The van der Waals surface area contributed by atoms with Crippen LogP contribution in [0.5, 0.6) is 0 Å². The molecule has 1 N–H and O–H groups in total.